The van der Waals surface area contributed by atoms with Crippen LogP contribution in [0.2, 0.25) is 0 Å². The lowest BCUT2D eigenvalue weighted by atomic mass is 10.1. The minimum absolute atomic E-state index is 0.0936. The molecular formula is C15H26N4OS. The Morgan fingerprint density at radius 2 is 2.19 bits per heavy atom. The summed E-state index contributed by atoms with van der Waals surface area (Å²) >= 11 is 1.23. The predicted octanol–water partition coefficient (Wildman–Crippen LogP) is 2.51. The van der Waals surface area contributed by atoms with Gasteiger partial charge >= 0.3 is 0 Å². The number of hydrogen-bond acceptors (Lipinski definition) is 5. The maximum absolute atomic E-state index is 12.9. The Kier molecular flexibility index (Phi) is 5.70. The van der Waals surface area contributed by atoms with Crippen LogP contribution in [0.25, 0.3) is 0 Å². The molecule has 2 rings (SSSR count). The Balaban J connectivity index is 2.14. The summed E-state index contributed by atoms with van der Waals surface area (Å²) in [5.74, 6) is 0.781. The molecule has 0 aliphatic carbocycles. The van der Waals surface area contributed by atoms with Gasteiger partial charge in [-0.15, -0.1) is 5.10 Å². The lowest BCUT2D eigenvalue weighted by Crippen LogP contribution is -2.42. The fourth-order valence-electron chi connectivity index (χ4n) is 2.73. The van der Waals surface area contributed by atoms with E-state index in [9.17, 15) is 4.79 Å². The molecule has 21 heavy (non-hydrogen) atoms. The SMILES string of the molecule is CC(C)CN(CC1CCCN1)C(=O)c1snnc1C(C)C. The van der Waals surface area contributed by atoms with E-state index in [2.05, 4.69) is 42.6 Å². The Hall–Kier alpha value is -1.01. The largest absolute Gasteiger partial charge is 0.336 e. The van der Waals surface area contributed by atoms with Gasteiger partial charge < -0.3 is 10.2 Å². The second kappa shape index (κ2) is 7.31. The van der Waals surface area contributed by atoms with Crippen molar-refractivity contribution in [1.29, 1.82) is 0 Å². The lowest BCUT2D eigenvalue weighted by Gasteiger charge is -2.27. The first-order chi connectivity index (χ1) is 9.99. The van der Waals surface area contributed by atoms with E-state index in [1.54, 1.807) is 0 Å². The third kappa shape index (κ3) is 4.23. The second-order valence-electron chi connectivity index (χ2n) is 6.54. The first-order valence-corrected chi connectivity index (χ1v) is 8.61. The number of nitrogens with one attached hydrogen (secondary N) is 1. The maximum Gasteiger partial charge on any atom is 0.267 e. The first-order valence-electron chi connectivity index (χ1n) is 7.84. The number of carbonyl (C=O) groups excluding carboxylic acids is 1. The predicted molar refractivity (Wildman–Crippen MR) is 85.8 cm³/mol. The maximum atomic E-state index is 12.9. The van der Waals surface area contributed by atoms with Crippen LogP contribution >= 0.6 is 11.5 Å². The van der Waals surface area contributed by atoms with Crippen molar-refractivity contribution >= 4 is 17.4 Å². The number of rotatable bonds is 6. The van der Waals surface area contributed by atoms with Crippen molar-refractivity contribution in [2.75, 3.05) is 19.6 Å². The molecule has 2 heterocycles. The van der Waals surface area contributed by atoms with E-state index in [4.69, 9.17) is 0 Å². The quantitative estimate of drug-likeness (QED) is 0.877. The molecule has 0 radical (unpaired) electrons. The van der Waals surface area contributed by atoms with Crippen molar-refractivity contribution in [2.45, 2.75) is 52.5 Å². The third-order valence-electron chi connectivity index (χ3n) is 3.73. The van der Waals surface area contributed by atoms with Crippen LogP contribution in [0.4, 0.5) is 0 Å². The van der Waals surface area contributed by atoms with Crippen LogP contribution in [-0.2, 0) is 0 Å². The highest BCUT2D eigenvalue weighted by atomic mass is 32.1. The normalized spacial score (nSPS) is 18.7. The van der Waals surface area contributed by atoms with Crippen molar-refractivity contribution < 1.29 is 4.79 Å². The van der Waals surface area contributed by atoms with Crippen molar-refractivity contribution in [2.24, 2.45) is 5.92 Å². The Bertz CT molecular complexity index is 466. The summed E-state index contributed by atoms with van der Waals surface area (Å²) < 4.78 is 3.99. The molecule has 0 spiro atoms. The molecule has 0 bridgehead atoms. The summed E-state index contributed by atoms with van der Waals surface area (Å²) in [4.78, 5) is 15.6. The van der Waals surface area contributed by atoms with Gasteiger partial charge in [0, 0.05) is 19.1 Å². The van der Waals surface area contributed by atoms with Crippen molar-refractivity contribution in [3.8, 4) is 0 Å². The number of carbonyl (C=O) groups is 1. The van der Waals surface area contributed by atoms with Gasteiger partial charge in [0.25, 0.3) is 5.91 Å². The van der Waals surface area contributed by atoms with E-state index < -0.39 is 0 Å². The van der Waals surface area contributed by atoms with Crippen LogP contribution < -0.4 is 5.32 Å². The van der Waals surface area contributed by atoms with Crippen LogP contribution in [-0.4, -0.2) is 46.1 Å². The molecule has 0 aromatic carbocycles. The second-order valence-corrected chi connectivity index (χ2v) is 7.29. The minimum atomic E-state index is 0.0936. The van der Waals surface area contributed by atoms with Gasteiger partial charge in [0.15, 0.2) is 0 Å². The highest BCUT2D eigenvalue weighted by molar-refractivity contribution is 7.08. The molecule has 1 atom stereocenters. The Labute approximate surface area is 131 Å². The highest BCUT2D eigenvalue weighted by Gasteiger charge is 2.27. The topological polar surface area (TPSA) is 58.1 Å². The van der Waals surface area contributed by atoms with E-state index >= 15 is 0 Å². The van der Waals surface area contributed by atoms with Crippen LogP contribution in [0.15, 0.2) is 0 Å². The fourth-order valence-corrected chi connectivity index (χ4v) is 3.51. The van der Waals surface area contributed by atoms with E-state index in [1.807, 2.05) is 4.90 Å². The molecule has 1 unspecified atom stereocenters. The average Bonchev–Trinajstić information content (AvgIpc) is 3.07. The molecule has 1 aliphatic rings. The van der Waals surface area contributed by atoms with Crippen LogP contribution in [0.5, 0.6) is 0 Å². The lowest BCUT2D eigenvalue weighted by molar-refractivity contribution is 0.0724. The van der Waals surface area contributed by atoms with Gasteiger partial charge in [-0.05, 0) is 42.8 Å². The van der Waals surface area contributed by atoms with Gasteiger partial charge in [-0.1, -0.05) is 32.2 Å². The molecular weight excluding hydrogens is 284 g/mol. The molecule has 1 fully saturated rings. The molecule has 0 saturated carbocycles. The van der Waals surface area contributed by atoms with Crippen LogP contribution in [0.3, 0.4) is 0 Å². The van der Waals surface area contributed by atoms with Gasteiger partial charge in [0.1, 0.15) is 4.88 Å². The van der Waals surface area contributed by atoms with E-state index in [0.717, 1.165) is 31.7 Å². The Morgan fingerprint density at radius 3 is 2.76 bits per heavy atom. The standard InChI is InChI=1S/C15H26N4OS/c1-10(2)8-19(9-12-6-5-7-16-12)15(20)14-13(11(3)4)17-18-21-14/h10-12,16H,5-9H2,1-4H3. The molecule has 5 nitrogen and oxygen atoms in total. The van der Waals surface area contributed by atoms with E-state index in [1.165, 1.54) is 18.0 Å². The van der Waals surface area contributed by atoms with Crippen molar-refractivity contribution in [1.82, 2.24) is 19.8 Å². The fraction of sp³-hybridized carbons (Fsp3) is 0.800. The molecule has 1 aliphatic heterocycles. The molecule has 6 heteroatoms. The third-order valence-corrected chi connectivity index (χ3v) is 4.46. The molecule has 1 aromatic heterocycles. The summed E-state index contributed by atoms with van der Waals surface area (Å²) in [6.45, 7) is 11.0. The molecule has 1 aromatic rings. The van der Waals surface area contributed by atoms with Gasteiger partial charge in [-0.3, -0.25) is 4.79 Å². The zero-order valence-corrected chi connectivity index (χ0v) is 14.2. The number of aromatic nitrogens is 2. The smallest absolute Gasteiger partial charge is 0.267 e. The zero-order valence-electron chi connectivity index (χ0n) is 13.4. The summed E-state index contributed by atoms with van der Waals surface area (Å²) in [5.41, 5.74) is 0.832. The van der Waals surface area contributed by atoms with Gasteiger partial charge in [-0.25, -0.2) is 0 Å². The molecule has 1 amide bonds. The van der Waals surface area contributed by atoms with Gasteiger partial charge in [0.05, 0.1) is 5.69 Å². The number of hydrogen-bond donors (Lipinski definition) is 1. The summed E-state index contributed by atoms with van der Waals surface area (Å²) in [6, 6.07) is 0.427. The van der Waals surface area contributed by atoms with E-state index in [0.29, 0.717) is 16.8 Å². The average molecular weight is 310 g/mol. The first kappa shape index (κ1) is 16.4. The minimum Gasteiger partial charge on any atom is -0.336 e. The summed E-state index contributed by atoms with van der Waals surface area (Å²) in [6.07, 6.45) is 2.35. The van der Waals surface area contributed by atoms with Crippen molar-refractivity contribution in [3.63, 3.8) is 0 Å². The highest BCUT2D eigenvalue weighted by Crippen LogP contribution is 2.22. The monoisotopic (exact) mass is 310 g/mol. The summed E-state index contributed by atoms with van der Waals surface area (Å²) in [5, 5.41) is 7.61. The van der Waals surface area contributed by atoms with Gasteiger partial charge in [0.2, 0.25) is 0 Å². The number of nitrogens with zero attached hydrogens (tertiary/aromatic N) is 3. The molecule has 1 N–H and O–H groups in total. The molecule has 118 valence electrons. The van der Waals surface area contributed by atoms with E-state index in [-0.39, 0.29) is 11.8 Å². The zero-order chi connectivity index (χ0) is 15.4. The van der Waals surface area contributed by atoms with Gasteiger partial charge in [-0.2, -0.15) is 0 Å². The summed E-state index contributed by atoms with van der Waals surface area (Å²) in [7, 11) is 0. The molecule has 1 saturated heterocycles. The van der Waals surface area contributed by atoms with Crippen LogP contribution in [0, 0.1) is 5.92 Å². The Morgan fingerprint density at radius 1 is 1.43 bits per heavy atom. The van der Waals surface area contributed by atoms with Crippen LogP contribution in [0.1, 0.15) is 61.8 Å². The van der Waals surface area contributed by atoms with Crippen molar-refractivity contribution in [3.05, 3.63) is 10.6 Å². The number of amides is 1.